The third-order valence-electron chi connectivity index (χ3n) is 3.63. The SMILES string of the molecule is Cc1cccnc1-c1[nH]nc2nc(Oc3ccc(F)cc3F)ncc12. The van der Waals surface area contributed by atoms with Crippen molar-refractivity contribution in [1.29, 1.82) is 0 Å². The number of pyridine rings is 1. The van der Waals surface area contributed by atoms with Gasteiger partial charge >= 0.3 is 6.01 Å². The van der Waals surface area contributed by atoms with E-state index in [0.717, 1.165) is 23.4 Å². The van der Waals surface area contributed by atoms with Crippen LogP contribution in [-0.2, 0) is 0 Å². The average molecular weight is 339 g/mol. The van der Waals surface area contributed by atoms with Crippen LogP contribution in [0.4, 0.5) is 8.78 Å². The summed E-state index contributed by atoms with van der Waals surface area (Å²) in [5.74, 6) is -1.70. The number of rotatable bonds is 3. The molecule has 0 bridgehead atoms. The van der Waals surface area contributed by atoms with E-state index in [9.17, 15) is 8.78 Å². The Bertz CT molecular complexity index is 1080. The van der Waals surface area contributed by atoms with Crippen molar-refractivity contribution in [3.05, 3.63) is 59.9 Å². The number of H-pyrrole nitrogens is 1. The molecule has 25 heavy (non-hydrogen) atoms. The first kappa shape index (κ1) is 15.1. The fourth-order valence-corrected chi connectivity index (χ4v) is 2.42. The number of aryl methyl sites for hydroxylation is 1. The number of fused-ring (bicyclic) bond motifs is 1. The van der Waals surface area contributed by atoms with Gasteiger partial charge in [-0.3, -0.25) is 10.1 Å². The molecule has 0 aliphatic heterocycles. The molecule has 0 amide bonds. The van der Waals surface area contributed by atoms with Crippen molar-refractivity contribution >= 4 is 11.0 Å². The molecule has 1 N–H and O–H groups in total. The van der Waals surface area contributed by atoms with E-state index in [2.05, 4.69) is 25.1 Å². The van der Waals surface area contributed by atoms with Gasteiger partial charge in [-0.05, 0) is 30.7 Å². The lowest BCUT2D eigenvalue weighted by molar-refractivity contribution is 0.409. The first-order valence-electron chi connectivity index (χ1n) is 7.38. The van der Waals surface area contributed by atoms with Gasteiger partial charge in [0.1, 0.15) is 5.82 Å². The van der Waals surface area contributed by atoms with Gasteiger partial charge in [0.05, 0.1) is 16.8 Å². The van der Waals surface area contributed by atoms with Crippen molar-refractivity contribution in [2.75, 3.05) is 0 Å². The van der Waals surface area contributed by atoms with Crippen LogP contribution in [0.5, 0.6) is 11.8 Å². The Morgan fingerprint density at radius 3 is 2.80 bits per heavy atom. The predicted octanol–water partition coefficient (Wildman–Crippen LogP) is 3.79. The molecule has 0 saturated heterocycles. The molecule has 0 unspecified atom stereocenters. The van der Waals surface area contributed by atoms with Gasteiger partial charge in [0.2, 0.25) is 0 Å². The molecule has 3 heterocycles. The van der Waals surface area contributed by atoms with Gasteiger partial charge in [-0.25, -0.2) is 13.8 Å². The molecule has 4 rings (SSSR count). The van der Waals surface area contributed by atoms with Crippen molar-refractivity contribution < 1.29 is 13.5 Å². The number of benzene rings is 1. The second kappa shape index (κ2) is 5.90. The quantitative estimate of drug-likeness (QED) is 0.614. The van der Waals surface area contributed by atoms with E-state index in [1.165, 1.54) is 12.3 Å². The number of nitrogens with one attached hydrogen (secondary N) is 1. The van der Waals surface area contributed by atoms with Gasteiger partial charge in [-0.1, -0.05) is 6.07 Å². The van der Waals surface area contributed by atoms with Gasteiger partial charge in [0, 0.05) is 18.5 Å². The topological polar surface area (TPSA) is 76.6 Å². The smallest absolute Gasteiger partial charge is 0.324 e. The largest absolute Gasteiger partial charge is 0.421 e. The van der Waals surface area contributed by atoms with E-state index >= 15 is 0 Å². The van der Waals surface area contributed by atoms with E-state index < -0.39 is 11.6 Å². The highest BCUT2D eigenvalue weighted by molar-refractivity contribution is 5.89. The maximum absolute atomic E-state index is 13.7. The Morgan fingerprint density at radius 2 is 2.00 bits per heavy atom. The van der Waals surface area contributed by atoms with Crippen LogP contribution >= 0.6 is 0 Å². The number of ether oxygens (including phenoxy) is 1. The summed E-state index contributed by atoms with van der Waals surface area (Å²) in [5.41, 5.74) is 2.76. The van der Waals surface area contributed by atoms with E-state index in [4.69, 9.17) is 4.74 Å². The molecule has 0 spiro atoms. The molecular weight excluding hydrogens is 328 g/mol. The second-order valence-corrected chi connectivity index (χ2v) is 5.33. The van der Waals surface area contributed by atoms with E-state index in [-0.39, 0.29) is 11.8 Å². The zero-order valence-electron chi connectivity index (χ0n) is 13.0. The number of hydrogen-bond acceptors (Lipinski definition) is 5. The lowest BCUT2D eigenvalue weighted by Gasteiger charge is -2.05. The van der Waals surface area contributed by atoms with Gasteiger partial charge < -0.3 is 4.74 Å². The number of hydrogen-bond donors (Lipinski definition) is 1. The molecule has 124 valence electrons. The number of halogens is 2. The standard InChI is InChI=1S/C17H11F2N5O/c1-9-3-2-6-20-14(9)15-11-8-21-17(22-16(11)24-23-15)25-13-5-4-10(18)7-12(13)19/h2-8H,1H3,(H,21,22,23,24). The fraction of sp³-hybridized carbons (Fsp3) is 0.0588. The summed E-state index contributed by atoms with van der Waals surface area (Å²) in [6.45, 7) is 1.94. The van der Waals surface area contributed by atoms with Crippen LogP contribution < -0.4 is 4.74 Å². The molecule has 6 nitrogen and oxygen atoms in total. The number of aromatic nitrogens is 5. The van der Waals surface area contributed by atoms with Crippen LogP contribution in [0.2, 0.25) is 0 Å². The Hall–Kier alpha value is -3.42. The number of nitrogens with zero attached hydrogens (tertiary/aromatic N) is 4. The van der Waals surface area contributed by atoms with Crippen molar-refractivity contribution in [2.45, 2.75) is 6.92 Å². The Labute approximate surface area is 140 Å². The van der Waals surface area contributed by atoms with E-state index in [1.54, 1.807) is 6.20 Å². The molecule has 0 aliphatic carbocycles. The minimum Gasteiger partial charge on any atom is -0.421 e. The summed E-state index contributed by atoms with van der Waals surface area (Å²) in [6, 6.07) is 6.68. The first-order chi connectivity index (χ1) is 12.1. The highest BCUT2D eigenvalue weighted by Crippen LogP contribution is 2.28. The average Bonchev–Trinajstić information content (AvgIpc) is 3.01. The van der Waals surface area contributed by atoms with Gasteiger partial charge in [0.15, 0.2) is 17.2 Å². The molecule has 4 aromatic rings. The number of aromatic amines is 1. The second-order valence-electron chi connectivity index (χ2n) is 5.33. The molecule has 3 aromatic heterocycles. The highest BCUT2D eigenvalue weighted by atomic mass is 19.1. The summed E-state index contributed by atoms with van der Waals surface area (Å²) in [7, 11) is 0. The van der Waals surface area contributed by atoms with Crippen LogP contribution in [0.25, 0.3) is 22.4 Å². The predicted molar refractivity (Wildman–Crippen MR) is 86.1 cm³/mol. The molecular formula is C17H11F2N5O. The Morgan fingerprint density at radius 1 is 1.12 bits per heavy atom. The van der Waals surface area contributed by atoms with Gasteiger partial charge in [0.25, 0.3) is 0 Å². The molecule has 1 aromatic carbocycles. The van der Waals surface area contributed by atoms with Crippen LogP contribution in [0.1, 0.15) is 5.56 Å². The van der Waals surface area contributed by atoms with Gasteiger partial charge in [-0.2, -0.15) is 10.1 Å². The zero-order chi connectivity index (χ0) is 17.4. The third-order valence-corrected chi connectivity index (χ3v) is 3.63. The van der Waals surface area contributed by atoms with Crippen molar-refractivity contribution in [3.63, 3.8) is 0 Å². The third kappa shape index (κ3) is 2.78. The van der Waals surface area contributed by atoms with Crippen LogP contribution in [0, 0.1) is 18.6 Å². The maximum Gasteiger partial charge on any atom is 0.324 e. The van der Waals surface area contributed by atoms with Crippen LogP contribution in [0.15, 0.2) is 42.7 Å². The lowest BCUT2D eigenvalue weighted by atomic mass is 10.1. The molecule has 0 saturated carbocycles. The Kier molecular flexibility index (Phi) is 3.57. The van der Waals surface area contributed by atoms with E-state index in [0.29, 0.717) is 16.7 Å². The normalized spacial score (nSPS) is 11.0. The van der Waals surface area contributed by atoms with Crippen molar-refractivity contribution in [3.8, 4) is 23.1 Å². The molecule has 0 fully saturated rings. The summed E-state index contributed by atoms with van der Waals surface area (Å²) < 4.78 is 31.9. The van der Waals surface area contributed by atoms with E-state index in [1.807, 2.05) is 19.1 Å². The molecule has 0 radical (unpaired) electrons. The summed E-state index contributed by atoms with van der Waals surface area (Å²) in [4.78, 5) is 12.6. The summed E-state index contributed by atoms with van der Waals surface area (Å²) in [6.07, 6.45) is 3.21. The van der Waals surface area contributed by atoms with Crippen molar-refractivity contribution in [2.24, 2.45) is 0 Å². The first-order valence-corrected chi connectivity index (χ1v) is 7.38. The maximum atomic E-state index is 13.7. The van der Waals surface area contributed by atoms with Gasteiger partial charge in [-0.15, -0.1) is 0 Å². The molecule has 0 aliphatic rings. The van der Waals surface area contributed by atoms with Crippen LogP contribution in [0.3, 0.4) is 0 Å². The summed E-state index contributed by atoms with van der Waals surface area (Å²) >= 11 is 0. The summed E-state index contributed by atoms with van der Waals surface area (Å²) in [5, 5.41) is 7.67. The minimum atomic E-state index is -0.837. The highest BCUT2D eigenvalue weighted by Gasteiger charge is 2.15. The van der Waals surface area contributed by atoms with Crippen LogP contribution in [-0.4, -0.2) is 25.1 Å². The Balaban J connectivity index is 1.71. The minimum absolute atomic E-state index is 0.0891. The molecule has 8 heteroatoms. The van der Waals surface area contributed by atoms with Crippen molar-refractivity contribution in [1.82, 2.24) is 25.1 Å². The fourth-order valence-electron chi connectivity index (χ4n) is 2.42. The monoisotopic (exact) mass is 339 g/mol. The zero-order valence-corrected chi connectivity index (χ0v) is 13.0. The lowest BCUT2D eigenvalue weighted by Crippen LogP contribution is -1.95. The molecule has 0 atom stereocenters.